The first-order chi connectivity index (χ1) is 7.36. The highest BCUT2D eigenvalue weighted by Gasteiger charge is 2.14. The third kappa shape index (κ3) is 3.02. The van der Waals surface area contributed by atoms with Gasteiger partial charge in [0, 0.05) is 19.3 Å². The number of aliphatic hydroxyl groups excluding tert-OH is 1. The quantitative estimate of drug-likeness (QED) is 0.645. The van der Waals surface area contributed by atoms with Crippen LogP contribution in [0, 0.1) is 0 Å². The monoisotopic (exact) mass is 210 g/mol. The Morgan fingerprint density at radius 1 is 1.33 bits per heavy atom. The molecule has 1 saturated heterocycles. The van der Waals surface area contributed by atoms with Crippen molar-refractivity contribution in [3.05, 3.63) is 18.0 Å². The zero-order valence-corrected chi connectivity index (χ0v) is 8.82. The highest BCUT2D eigenvalue weighted by atomic mass is 16.3. The van der Waals surface area contributed by atoms with Crippen LogP contribution in [0.3, 0.4) is 0 Å². The highest BCUT2D eigenvalue weighted by Crippen LogP contribution is 2.11. The minimum Gasteiger partial charge on any atom is -0.371 e. The summed E-state index contributed by atoms with van der Waals surface area (Å²) >= 11 is 0. The van der Waals surface area contributed by atoms with E-state index in [1.165, 1.54) is 25.7 Å². The van der Waals surface area contributed by atoms with Crippen molar-refractivity contribution in [2.24, 2.45) is 0 Å². The first kappa shape index (κ1) is 10.6. The summed E-state index contributed by atoms with van der Waals surface area (Å²) in [6, 6.07) is 1.77. The van der Waals surface area contributed by atoms with E-state index in [9.17, 15) is 5.11 Å². The minimum absolute atomic E-state index is 0.675. The van der Waals surface area contributed by atoms with Gasteiger partial charge >= 0.3 is 0 Å². The number of hydrogen-bond acceptors (Lipinski definition) is 4. The lowest BCUT2D eigenvalue weighted by Gasteiger charge is -2.24. The van der Waals surface area contributed by atoms with Crippen molar-refractivity contribution in [2.75, 3.05) is 13.1 Å². The molecule has 0 spiro atoms. The molecule has 0 bridgehead atoms. The molecule has 5 heteroatoms. The van der Waals surface area contributed by atoms with Gasteiger partial charge in [-0.1, -0.05) is 12.8 Å². The van der Waals surface area contributed by atoms with Gasteiger partial charge in [-0.05, 0) is 18.9 Å². The molecule has 15 heavy (non-hydrogen) atoms. The Hall–Kier alpha value is -0.910. The van der Waals surface area contributed by atoms with Crippen molar-refractivity contribution in [2.45, 2.75) is 31.9 Å². The molecular weight excluding hydrogens is 192 g/mol. The number of nitrogens with zero attached hydrogens (tertiary/aromatic N) is 2. The van der Waals surface area contributed by atoms with E-state index in [4.69, 9.17) is 0 Å². The van der Waals surface area contributed by atoms with Gasteiger partial charge in [0.15, 0.2) is 6.23 Å². The van der Waals surface area contributed by atoms with Crippen LogP contribution in [0.25, 0.3) is 0 Å². The second-order valence-electron chi connectivity index (χ2n) is 3.94. The molecular formula is C10H18N4O. The molecule has 5 nitrogen and oxygen atoms in total. The van der Waals surface area contributed by atoms with Crippen molar-refractivity contribution in [1.82, 2.24) is 20.6 Å². The lowest BCUT2D eigenvalue weighted by atomic mass is 10.2. The smallest absolute Gasteiger partial charge is 0.159 e. The number of H-pyrrole nitrogens is 1. The van der Waals surface area contributed by atoms with Crippen LogP contribution in [-0.4, -0.2) is 33.4 Å². The molecule has 1 unspecified atom stereocenters. The molecule has 1 atom stereocenters. The third-order valence-electron chi connectivity index (χ3n) is 2.73. The predicted octanol–water partition coefficient (Wildman–Crippen LogP) is 0.781. The summed E-state index contributed by atoms with van der Waals surface area (Å²) in [6.07, 6.45) is 5.94. The van der Waals surface area contributed by atoms with Gasteiger partial charge in [0.05, 0.1) is 5.69 Å². The van der Waals surface area contributed by atoms with Crippen molar-refractivity contribution in [1.29, 1.82) is 0 Å². The van der Waals surface area contributed by atoms with E-state index in [2.05, 4.69) is 20.6 Å². The Bertz CT molecular complexity index is 267. The lowest BCUT2D eigenvalue weighted by molar-refractivity contribution is 0.0328. The van der Waals surface area contributed by atoms with E-state index in [0.717, 1.165) is 13.1 Å². The van der Waals surface area contributed by atoms with Crippen LogP contribution in [0.2, 0.25) is 0 Å². The third-order valence-corrected chi connectivity index (χ3v) is 2.73. The van der Waals surface area contributed by atoms with E-state index in [0.29, 0.717) is 5.69 Å². The molecule has 3 N–H and O–H groups in total. The maximum absolute atomic E-state index is 9.83. The fourth-order valence-electron chi connectivity index (χ4n) is 1.86. The molecule has 2 heterocycles. The second-order valence-corrected chi connectivity index (χ2v) is 3.94. The molecule has 0 radical (unpaired) electrons. The molecule has 2 rings (SSSR count). The van der Waals surface area contributed by atoms with Gasteiger partial charge in [0.2, 0.25) is 0 Å². The standard InChI is InChI=1S/C10H18N4O/c15-10(9-5-6-11-12-9)13-14-7-3-1-2-4-8-14/h5-6,10,13,15H,1-4,7-8H2,(H,11,12). The summed E-state index contributed by atoms with van der Waals surface area (Å²) in [4.78, 5) is 0. The average molecular weight is 210 g/mol. The molecule has 0 saturated carbocycles. The Balaban J connectivity index is 1.84. The van der Waals surface area contributed by atoms with Gasteiger partial charge < -0.3 is 5.11 Å². The van der Waals surface area contributed by atoms with Gasteiger partial charge in [0.1, 0.15) is 0 Å². The number of aliphatic hydroxyl groups is 1. The Kier molecular flexibility index (Phi) is 3.71. The molecule has 1 fully saturated rings. The van der Waals surface area contributed by atoms with Crippen LogP contribution < -0.4 is 5.43 Å². The van der Waals surface area contributed by atoms with Crippen LogP contribution in [0.1, 0.15) is 37.6 Å². The number of nitrogens with one attached hydrogen (secondary N) is 2. The molecule has 1 aliphatic rings. The van der Waals surface area contributed by atoms with E-state index in [-0.39, 0.29) is 0 Å². The molecule has 1 aliphatic heterocycles. The maximum atomic E-state index is 9.83. The fourth-order valence-corrected chi connectivity index (χ4v) is 1.86. The maximum Gasteiger partial charge on any atom is 0.159 e. The zero-order valence-electron chi connectivity index (χ0n) is 8.82. The molecule has 0 amide bonds. The summed E-state index contributed by atoms with van der Waals surface area (Å²) in [5.74, 6) is 0. The first-order valence-corrected chi connectivity index (χ1v) is 5.55. The van der Waals surface area contributed by atoms with E-state index in [1.54, 1.807) is 12.3 Å². The first-order valence-electron chi connectivity index (χ1n) is 5.55. The molecule has 0 aromatic carbocycles. The summed E-state index contributed by atoms with van der Waals surface area (Å²) in [5.41, 5.74) is 3.79. The minimum atomic E-state index is -0.675. The Morgan fingerprint density at radius 2 is 2.07 bits per heavy atom. The van der Waals surface area contributed by atoms with Crippen molar-refractivity contribution < 1.29 is 5.11 Å². The largest absolute Gasteiger partial charge is 0.371 e. The van der Waals surface area contributed by atoms with E-state index in [1.807, 2.05) is 0 Å². The summed E-state index contributed by atoms with van der Waals surface area (Å²) < 4.78 is 0. The van der Waals surface area contributed by atoms with E-state index >= 15 is 0 Å². The number of hydrazine groups is 1. The van der Waals surface area contributed by atoms with E-state index < -0.39 is 6.23 Å². The van der Waals surface area contributed by atoms with Crippen LogP contribution in [-0.2, 0) is 0 Å². The number of aromatic nitrogens is 2. The number of aromatic amines is 1. The summed E-state index contributed by atoms with van der Waals surface area (Å²) in [7, 11) is 0. The average Bonchev–Trinajstić information content (AvgIpc) is 2.65. The van der Waals surface area contributed by atoms with Crippen molar-refractivity contribution in [3.8, 4) is 0 Å². The van der Waals surface area contributed by atoms with Gasteiger partial charge in [0.25, 0.3) is 0 Å². The van der Waals surface area contributed by atoms with Crippen molar-refractivity contribution in [3.63, 3.8) is 0 Å². The predicted molar refractivity (Wildman–Crippen MR) is 56.7 cm³/mol. The van der Waals surface area contributed by atoms with Crippen LogP contribution in [0.4, 0.5) is 0 Å². The topological polar surface area (TPSA) is 64.2 Å². The fraction of sp³-hybridized carbons (Fsp3) is 0.700. The molecule has 84 valence electrons. The van der Waals surface area contributed by atoms with Crippen LogP contribution in [0.15, 0.2) is 12.3 Å². The number of hydrogen-bond donors (Lipinski definition) is 3. The Labute approximate surface area is 89.5 Å². The lowest BCUT2D eigenvalue weighted by Crippen LogP contribution is -2.41. The van der Waals surface area contributed by atoms with Gasteiger partial charge in [-0.25, -0.2) is 10.4 Å². The molecule has 0 aliphatic carbocycles. The second kappa shape index (κ2) is 5.25. The van der Waals surface area contributed by atoms with Crippen LogP contribution in [0.5, 0.6) is 0 Å². The Morgan fingerprint density at radius 3 is 2.67 bits per heavy atom. The van der Waals surface area contributed by atoms with Gasteiger partial charge in [-0.2, -0.15) is 5.10 Å². The van der Waals surface area contributed by atoms with Gasteiger partial charge in [-0.15, -0.1) is 0 Å². The number of rotatable bonds is 3. The molecule has 1 aromatic heterocycles. The SMILES string of the molecule is OC(NN1CCCCCC1)c1ccn[nH]1. The van der Waals surface area contributed by atoms with Gasteiger partial charge in [-0.3, -0.25) is 5.10 Å². The normalized spacial score (nSPS) is 21.1. The van der Waals surface area contributed by atoms with Crippen molar-refractivity contribution >= 4 is 0 Å². The van der Waals surface area contributed by atoms with Crippen LogP contribution >= 0.6 is 0 Å². The summed E-state index contributed by atoms with van der Waals surface area (Å²) in [6.45, 7) is 2.01. The summed E-state index contributed by atoms with van der Waals surface area (Å²) in [5, 5.41) is 18.5. The molecule has 1 aromatic rings. The highest BCUT2D eigenvalue weighted by molar-refractivity contribution is 5.00. The zero-order chi connectivity index (χ0) is 10.5.